The molecule has 2 rings (SSSR count). The van der Waals surface area contributed by atoms with Crippen LogP contribution >= 0.6 is 0 Å². The Kier molecular flexibility index (Phi) is 6.22. The summed E-state index contributed by atoms with van der Waals surface area (Å²) in [6.07, 6.45) is 13.0. The predicted molar refractivity (Wildman–Crippen MR) is 88.9 cm³/mol. The summed E-state index contributed by atoms with van der Waals surface area (Å²) in [6, 6.07) is 5.65. The van der Waals surface area contributed by atoms with Gasteiger partial charge in [-0.3, -0.25) is 0 Å². The first-order valence-electron chi connectivity index (χ1n) is 8.22. The van der Waals surface area contributed by atoms with Gasteiger partial charge in [-0.2, -0.15) is 0 Å². The predicted octanol–water partition coefficient (Wildman–Crippen LogP) is 5.87. The fourth-order valence-electron chi connectivity index (χ4n) is 3.44. The summed E-state index contributed by atoms with van der Waals surface area (Å²) in [6.45, 7) is 7.53. The van der Waals surface area contributed by atoms with Crippen LogP contribution in [0.3, 0.4) is 0 Å². The number of hydrogen-bond acceptors (Lipinski definition) is 0. The normalized spacial score (nSPS) is 22.0. The van der Waals surface area contributed by atoms with Crippen LogP contribution in [0.1, 0.15) is 49.7 Å². The van der Waals surface area contributed by atoms with Crippen molar-refractivity contribution in [3.05, 3.63) is 60.5 Å². The van der Waals surface area contributed by atoms with Crippen molar-refractivity contribution in [3.8, 4) is 0 Å². The van der Waals surface area contributed by atoms with E-state index in [1.165, 1.54) is 25.7 Å². The first kappa shape index (κ1) is 16.0. The molecule has 0 saturated heterocycles. The molecule has 1 fully saturated rings. The van der Waals surface area contributed by atoms with E-state index in [1.54, 1.807) is 6.07 Å². The van der Waals surface area contributed by atoms with Gasteiger partial charge in [0.05, 0.1) is 0 Å². The van der Waals surface area contributed by atoms with Crippen molar-refractivity contribution in [2.45, 2.75) is 51.4 Å². The van der Waals surface area contributed by atoms with Crippen LogP contribution in [-0.4, -0.2) is 0 Å². The lowest BCUT2D eigenvalue weighted by molar-refractivity contribution is 0.264. The minimum atomic E-state index is -0.0466. The molecule has 0 aliphatic heterocycles. The quantitative estimate of drug-likeness (QED) is 0.550. The van der Waals surface area contributed by atoms with Gasteiger partial charge in [0.25, 0.3) is 0 Å². The summed E-state index contributed by atoms with van der Waals surface area (Å²) in [7, 11) is 0. The molecule has 0 radical (unpaired) electrons. The Bertz CT molecular complexity index is 467. The molecule has 1 aromatic rings. The third-order valence-corrected chi connectivity index (χ3v) is 4.79. The van der Waals surface area contributed by atoms with Gasteiger partial charge in [0.15, 0.2) is 0 Å². The first-order chi connectivity index (χ1) is 10.2. The molecule has 114 valence electrons. The first-order valence-corrected chi connectivity index (χ1v) is 8.22. The van der Waals surface area contributed by atoms with Gasteiger partial charge in [-0.15, -0.1) is 13.2 Å². The smallest absolute Gasteiger partial charge is 0.126 e. The molecule has 0 amide bonds. The Morgan fingerprint density at radius 3 is 2.38 bits per heavy atom. The van der Waals surface area contributed by atoms with E-state index in [9.17, 15) is 4.39 Å². The summed E-state index contributed by atoms with van der Waals surface area (Å²) in [5.74, 6) is 1.57. The maximum atomic E-state index is 14.0. The molecule has 0 nitrogen and oxygen atoms in total. The van der Waals surface area contributed by atoms with E-state index in [1.807, 2.05) is 24.3 Å². The van der Waals surface area contributed by atoms with Crippen molar-refractivity contribution in [2.75, 3.05) is 0 Å². The largest absolute Gasteiger partial charge is 0.207 e. The molecule has 0 heterocycles. The second-order valence-electron chi connectivity index (χ2n) is 6.37. The molecule has 0 unspecified atom stereocenters. The molecule has 0 atom stereocenters. The van der Waals surface area contributed by atoms with Crippen molar-refractivity contribution >= 4 is 0 Å². The second-order valence-corrected chi connectivity index (χ2v) is 6.37. The van der Waals surface area contributed by atoms with Gasteiger partial charge in [0.1, 0.15) is 5.82 Å². The van der Waals surface area contributed by atoms with Gasteiger partial charge in [0, 0.05) is 0 Å². The summed E-state index contributed by atoms with van der Waals surface area (Å²) in [5, 5.41) is 0. The fourth-order valence-corrected chi connectivity index (χ4v) is 3.44. The maximum Gasteiger partial charge on any atom is 0.126 e. The van der Waals surface area contributed by atoms with Gasteiger partial charge in [-0.1, -0.05) is 37.1 Å². The van der Waals surface area contributed by atoms with Crippen LogP contribution in [0.15, 0.2) is 43.5 Å². The zero-order valence-corrected chi connectivity index (χ0v) is 13.0. The second kappa shape index (κ2) is 8.17. The lowest BCUT2D eigenvalue weighted by atomic mass is 9.78. The monoisotopic (exact) mass is 286 g/mol. The van der Waals surface area contributed by atoms with Crippen LogP contribution in [0, 0.1) is 17.7 Å². The lowest BCUT2D eigenvalue weighted by Crippen LogP contribution is -2.15. The molecule has 1 aliphatic rings. The highest BCUT2D eigenvalue weighted by atomic mass is 19.1. The number of halogens is 1. The number of hydrogen-bond donors (Lipinski definition) is 0. The zero-order chi connectivity index (χ0) is 15.1. The summed E-state index contributed by atoms with van der Waals surface area (Å²) < 4.78 is 14.0. The maximum absolute atomic E-state index is 14.0. The summed E-state index contributed by atoms with van der Waals surface area (Å²) in [5.41, 5.74) is 1.88. The average molecular weight is 286 g/mol. The van der Waals surface area contributed by atoms with E-state index in [-0.39, 0.29) is 5.82 Å². The minimum absolute atomic E-state index is 0.0466. The van der Waals surface area contributed by atoms with Crippen molar-refractivity contribution in [3.63, 3.8) is 0 Å². The van der Waals surface area contributed by atoms with E-state index >= 15 is 0 Å². The molecule has 0 aromatic heterocycles. The number of rotatable bonds is 7. The van der Waals surface area contributed by atoms with Crippen LogP contribution in [0.5, 0.6) is 0 Å². The van der Waals surface area contributed by atoms with E-state index < -0.39 is 0 Å². The van der Waals surface area contributed by atoms with Gasteiger partial charge in [-0.05, 0) is 67.6 Å². The van der Waals surface area contributed by atoms with Crippen molar-refractivity contribution in [1.82, 2.24) is 0 Å². The van der Waals surface area contributed by atoms with Gasteiger partial charge in [-0.25, -0.2) is 4.39 Å². The molecule has 0 bridgehead atoms. The Hall–Kier alpha value is -1.37. The fraction of sp³-hybridized carbons (Fsp3) is 0.500. The van der Waals surface area contributed by atoms with E-state index in [0.717, 1.165) is 48.6 Å². The molecule has 1 aliphatic carbocycles. The van der Waals surface area contributed by atoms with Gasteiger partial charge >= 0.3 is 0 Å². The SMILES string of the molecule is C=CCc1ccc(CC[C@H]2CC[C@H](CC=C)CC2)c(F)c1. The highest BCUT2D eigenvalue weighted by Gasteiger charge is 2.20. The highest BCUT2D eigenvalue weighted by Crippen LogP contribution is 2.33. The highest BCUT2D eigenvalue weighted by molar-refractivity contribution is 5.25. The Labute approximate surface area is 128 Å². The summed E-state index contributed by atoms with van der Waals surface area (Å²) in [4.78, 5) is 0. The number of allylic oxidation sites excluding steroid dienone is 2. The van der Waals surface area contributed by atoms with Crippen molar-refractivity contribution in [2.24, 2.45) is 11.8 Å². The zero-order valence-electron chi connectivity index (χ0n) is 13.0. The standard InChI is InChI=1S/C20H27F/c1-3-5-16-7-9-17(10-8-16)11-13-19-14-12-18(6-4-2)15-20(19)21/h3-4,12,14-17H,1-2,5-11,13H2/t16-,17-. The third kappa shape index (κ3) is 4.84. The van der Waals surface area contributed by atoms with Crippen LogP contribution in [0.25, 0.3) is 0 Å². The van der Waals surface area contributed by atoms with Crippen molar-refractivity contribution in [1.29, 1.82) is 0 Å². The van der Waals surface area contributed by atoms with Crippen LogP contribution in [0.2, 0.25) is 0 Å². The molecule has 1 aromatic carbocycles. The number of aryl methyl sites for hydroxylation is 1. The molecular formula is C20H27F. The van der Waals surface area contributed by atoms with Crippen LogP contribution in [-0.2, 0) is 12.8 Å². The average Bonchev–Trinajstić information content (AvgIpc) is 2.49. The topological polar surface area (TPSA) is 0 Å². The van der Waals surface area contributed by atoms with Crippen molar-refractivity contribution < 1.29 is 4.39 Å². The molecule has 1 heteroatoms. The van der Waals surface area contributed by atoms with Gasteiger partial charge < -0.3 is 0 Å². The molecule has 0 N–H and O–H groups in total. The lowest BCUT2D eigenvalue weighted by Gasteiger charge is -2.27. The number of benzene rings is 1. The van der Waals surface area contributed by atoms with Crippen LogP contribution in [0.4, 0.5) is 4.39 Å². The third-order valence-electron chi connectivity index (χ3n) is 4.79. The van der Waals surface area contributed by atoms with Crippen LogP contribution < -0.4 is 0 Å². The molecule has 1 saturated carbocycles. The molecule has 21 heavy (non-hydrogen) atoms. The van der Waals surface area contributed by atoms with E-state index in [4.69, 9.17) is 0 Å². The molecular weight excluding hydrogens is 259 g/mol. The minimum Gasteiger partial charge on any atom is -0.207 e. The summed E-state index contributed by atoms with van der Waals surface area (Å²) >= 11 is 0. The Morgan fingerprint density at radius 1 is 1.05 bits per heavy atom. The van der Waals surface area contributed by atoms with E-state index in [2.05, 4.69) is 13.2 Å². The van der Waals surface area contributed by atoms with Gasteiger partial charge in [0.2, 0.25) is 0 Å². The molecule has 0 spiro atoms. The Balaban J connectivity index is 1.81. The van der Waals surface area contributed by atoms with E-state index in [0.29, 0.717) is 0 Å². The Morgan fingerprint density at radius 2 is 1.76 bits per heavy atom.